The van der Waals surface area contributed by atoms with Gasteiger partial charge in [-0.15, -0.1) is 0 Å². The quantitative estimate of drug-likeness (QED) is 0.378. The number of benzene rings is 2. The van der Waals surface area contributed by atoms with Crippen molar-refractivity contribution in [3.05, 3.63) is 72.3 Å². The molecule has 0 saturated carbocycles. The molecule has 4 N–H and O–H groups in total. The first-order chi connectivity index (χ1) is 18.0. The van der Waals surface area contributed by atoms with Crippen LogP contribution in [-0.2, 0) is 20.0 Å². The summed E-state index contributed by atoms with van der Waals surface area (Å²) in [4.78, 5) is 6.80. The van der Waals surface area contributed by atoms with E-state index in [1.165, 1.54) is 31.4 Å². The van der Waals surface area contributed by atoms with Crippen molar-refractivity contribution >= 4 is 31.6 Å². The molecule has 2 heterocycles. The number of alkyl halides is 1. The van der Waals surface area contributed by atoms with Gasteiger partial charge in [0.05, 0.1) is 23.6 Å². The van der Waals surface area contributed by atoms with Gasteiger partial charge in [0.2, 0.25) is 15.9 Å². The highest BCUT2D eigenvalue weighted by Crippen LogP contribution is 2.28. The summed E-state index contributed by atoms with van der Waals surface area (Å²) in [5.74, 6) is 0.680. The highest BCUT2D eigenvalue weighted by Gasteiger charge is 2.20. The smallest absolute Gasteiger partial charge is 0.262 e. The Balaban J connectivity index is 0.000000336. The van der Waals surface area contributed by atoms with E-state index in [0.717, 1.165) is 37.6 Å². The minimum Gasteiger partial charge on any atom is -0.479 e. The van der Waals surface area contributed by atoms with Crippen LogP contribution in [0.3, 0.4) is 0 Å². The van der Waals surface area contributed by atoms with Crippen molar-refractivity contribution in [1.82, 2.24) is 10.3 Å². The van der Waals surface area contributed by atoms with E-state index in [1.54, 1.807) is 49.4 Å². The molecule has 0 bridgehead atoms. The van der Waals surface area contributed by atoms with Crippen molar-refractivity contribution in [3.63, 3.8) is 0 Å². The second kappa shape index (κ2) is 13.0. The fourth-order valence-electron chi connectivity index (χ4n) is 3.61. The van der Waals surface area contributed by atoms with Crippen molar-refractivity contribution in [2.75, 3.05) is 49.6 Å². The summed E-state index contributed by atoms with van der Waals surface area (Å²) in [5.41, 5.74) is 1.02. The maximum Gasteiger partial charge on any atom is 0.262 e. The Labute approximate surface area is 223 Å². The molecule has 0 radical (unpaired) electrons. The zero-order chi connectivity index (χ0) is 27.8. The van der Waals surface area contributed by atoms with Crippen LogP contribution in [0.25, 0.3) is 0 Å². The van der Waals surface area contributed by atoms with E-state index in [2.05, 4.69) is 19.9 Å². The zero-order valence-electron chi connectivity index (χ0n) is 21.2. The van der Waals surface area contributed by atoms with Crippen molar-refractivity contribution in [2.24, 2.45) is 5.14 Å². The largest absolute Gasteiger partial charge is 0.479 e. The number of anilines is 2. The molecule has 0 spiro atoms. The molecule has 10 nitrogen and oxygen atoms in total. The van der Waals surface area contributed by atoms with E-state index in [4.69, 9.17) is 9.88 Å². The number of halogens is 1. The number of hydrogen-bond donors (Lipinski definition) is 3. The second-order valence-electron chi connectivity index (χ2n) is 8.55. The molecular formula is C25H32FN5O5S2. The zero-order valence-corrected chi connectivity index (χ0v) is 22.8. The van der Waals surface area contributed by atoms with Gasteiger partial charge in [0, 0.05) is 32.1 Å². The second-order valence-corrected chi connectivity index (χ2v) is 11.8. The van der Waals surface area contributed by atoms with Crippen LogP contribution in [-0.4, -0.2) is 61.8 Å². The number of piperazine rings is 1. The molecule has 38 heavy (non-hydrogen) atoms. The summed E-state index contributed by atoms with van der Waals surface area (Å²) in [5, 5.41) is 8.10. The maximum atomic E-state index is 12.8. The Morgan fingerprint density at radius 3 is 2.16 bits per heavy atom. The van der Waals surface area contributed by atoms with Gasteiger partial charge in [0.15, 0.2) is 0 Å². The van der Waals surface area contributed by atoms with Gasteiger partial charge in [-0.05, 0) is 42.0 Å². The van der Waals surface area contributed by atoms with Gasteiger partial charge < -0.3 is 15.0 Å². The molecule has 0 aliphatic carbocycles. The van der Waals surface area contributed by atoms with Gasteiger partial charge in [0.25, 0.3) is 10.0 Å². The number of nitrogens with one attached hydrogen (secondary N) is 2. The van der Waals surface area contributed by atoms with E-state index >= 15 is 0 Å². The first kappa shape index (κ1) is 29.3. The predicted octanol–water partition coefficient (Wildman–Crippen LogP) is 2.71. The van der Waals surface area contributed by atoms with E-state index in [1.807, 2.05) is 0 Å². The van der Waals surface area contributed by atoms with Crippen LogP contribution < -0.4 is 24.8 Å². The van der Waals surface area contributed by atoms with E-state index in [0.29, 0.717) is 0 Å². The Morgan fingerprint density at radius 2 is 1.63 bits per heavy atom. The molecule has 4 rings (SSSR count). The summed E-state index contributed by atoms with van der Waals surface area (Å²) < 4.78 is 67.3. The maximum absolute atomic E-state index is 12.8. The number of methoxy groups -OCH3 is 1. The fourth-order valence-corrected chi connectivity index (χ4v) is 5.21. The van der Waals surface area contributed by atoms with Gasteiger partial charge in [0.1, 0.15) is 11.5 Å². The molecule has 1 saturated heterocycles. The molecule has 1 fully saturated rings. The number of aromatic nitrogens is 1. The third kappa shape index (κ3) is 7.87. The third-order valence-corrected chi connectivity index (χ3v) is 8.10. The Hall–Kier alpha value is -3.26. The van der Waals surface area contributed by atoms with Crippen LogP contribution >= 0.6 is 0 Å². The first-order valence-electron chi connectivity index (χ1n) is 11.8. The lowest BCUT2D eigenvalue weighted by Crippen LogP contribution is -2.43. The number of nitrogens with zero attached hydrogens (tertiary/aromatic N) is 2. The first-order valence-corrected chi connectivity index (χ1v) is 14.9. The molecular weight excluding hydrogens is 533 g/mol. The highest BCUT2D eigenvalue weighted by molar-refractivity contribution is 7.92. The van der Waals surface area contributed by atoms with Gasteiger partial charge >= 0.3 is 0 Å². The van der Waals surface area contributed by atoms with Gasteiger partial charge in [-0.2, -0.15) is 4.98 Å². The minimum atomic E-state index is -3.82. The SMILES string of the molecule is COc1nc(N2CCNCC2)ccc1NS(=O)(=O)c1ccc(C(C)CF)cc1.NS(=O)(=O)c1ccccc1. The molecule has 2 aromatic carbocycles. The molecule has 3 aromatic rings. The molecule has 13 heteroatoms. The fraction of sp³-hybridized carbons (Fsp3) is 0.320. The average molecular weight is 566 g/mol. The molecule has 1 aliphatic rings. The van der Waals surface area contributed by atoms with E-state index in [-0.39, 0.29) is 27.3 Å². The standard InChI is InChI=1S/C19H25FN4O3S.C6H7NO2S/c1-14(13-20)15-3-5-16(6-4-15)28(25,26)23-17-7-8-18(22-19(17)27-2)24-11-9-21-10-12-24;7-10(8,9)6-4-2-1-3-5-6/h3-8,14,21,23H,9-13H2,1-2H3;1-5H,(H2,7,8,9). The number of hydrogen-bond acceptors (Lipinski definition) is 8. The summed E-state index contributed by atoms with van der Waals surface area (Å²) in [6.07, 6.45) is 0. The molecule has 1 aliphatic heterocycles. The molecule has 0 amide bonds. The lowest BCUT2D eigenvalue weighted by Gasteiger charge is -2.28. The lowest BCUT2D eigenvalue weighted by atomic mass is 10.0. The van der Waals surface area contributed by atoms with Gasteiger partial charge in [-0.3, -0.25) is 9.11 Å². The molecule has 206 valence electrons. The van der Waals surface area contributed by atoms with Crippen LogP contribution in [0, 0.1) is 0 Å². The topological polar surface area (TPSA) is 144 Å². The van der Waals surface area contributed by atoms with Gasteiger partial charge in [-0.25, -0.2) is 22.0 Å². The van der Waals surface area contributed by atoms with Crippen LogP contribution in [0.2, 0.25) is 0 Å². The van der Waals surface area contributed by atoms with E-state index in [9.17, 15) is 21.2 Å². The van der Waals surface area contributed by atoms with Crippen LogP contribution in [0.15, 0.2) is 76.5 Å². The van der Waals surface area contributed by atoms with Crippen LogP contribution in [0.4, 0.5) is 15.9 Å². The number of ether oxygens (including phenoxy) is 1. The van der Waals surface area contributed by atoms with Crippen molar-refractivity contribution in [3.8, 4) is 5.88 Å². The summed E-state index contributed by atoms with van der Waals surface area (Å²) in [7, 11) is -5.87. The predicted molar refractivity (Wildman–Crippen MR) is 145 cm³/mol. The Bertz CT molecular complexity index is 1400. The number of pyridine rings is 1. The monoisotopic (exact) mass is 565 g/mol. The number of primary sulfonamides is 1. The van der Waals surface area contributed by atoms with Crippen LogP contribution in [0.5, 0.6) is 5.88 Å². The number of sulfonamides is 2. The number of nitrogens with two attached hydrogens (primary N) is 1. The molecule has 1 atom stereocenters. The molecule has 1 aromatic heterocycles. The Kier molecular flexibility index (Phi) is 10.0. The highest BCUT2D eigenvalue weighted by atomic mass is 32.2. The number of rotatable bonds is 8. The van der Waals surface area contributed by atoms with E-state index < -0.39 is 26.7 Å². The van der Waals surface area contributed by atoms with Crippen molar-refractivity contribution in [2.45, 2.75) is 22.6 Å². The third-order valence-electron chi connectivity index (χ3n) is 5.79. The van der Waals surface area contributed by atoms with Crippen molar-refractivity contribution in [1.29, 1.82) is 0 Å². The Morgan fingerprint density at radius 1 is 1.00 bits per heavy atom. The summed E-state index contributed by atoms with van der Waals surface area (Å²) in [6.45, 7) is 4.64. The normalized spacial score (nSPS) is 14.7. The van der Waals surface area contributed by atoms with Crippen molar-refractivity contribution < 1.29 is 26.0 Å². The van der Waals surface area contributed by atoms with Crippen LogP contribution in [0.1, 0.15) is 18.4 Å². The summed E-state index contributed by atoms with van der Waals surface area (Å²) >= 11 is 0. The summed E-state index contributed by atoms with van der Waals surface area (Å²) in [6, 6.07) is 17.5. The molecule has 1 unspecified atom stereocenters. The minimum absolute atomic E-state index is 0.0931. The lowest BCUT2D eigenvalue weighted by molar-refractivity contribution is 0.399. The van der Waals surface area contributed by atoms with Gasteiger partial charge in [-0.1, -0.05) is 37.3 Å². The average Bonchev–Trinajstić information content (AvgIpc) is 2.93.